The van der Waals surface area contributed by atoms with Gasteiger partial charge in [-0.1, -0.05) is 279 Å². The molecule has 6 heteroatoms. The number of hydrogen-bond acceptors (Lipinski definition) is 6. The van der Waals surface area contributed by atoms with Crippen LogP contribution in [0.25, 0.3) is 0 Å². The fourth-order valence-electron chi connectivity index (χ4n) is 8.70. The van der Waals surface area contributed by atoms with Gasteiger partial charge in [0, 0.05) is 19.3 Å². The topological polar surface area (TPSA) is 78.9 Å². The molecule has 0 heterocycles. The number of carbonyl (C=O) groups excluding carboxylic acids is 3. The van der Waals surface area contributed by atoms with Crippen LogP contribution in [0, 0.1) is 11.8 Å². The van der Waals surface area contributed by atoms with E-state index in [9.17, 15) is 14.4 Å². The zero-order valence-electron chi connectivity index (χ0n) is 43.2. The highest BCUT2D eigenvalue weighted by Gasteiger charge is 2.19. The lowest BCUT2D eigenvalue weighted by atomic mass is 10.0. The van der Waals surface area contributed by atoms with Gasteiger partial charge in [-0.2, -0.15) is 0 Å². The number of unbranched alkanes of at least 4 members (excludes halogenated alkanes) is 36. The monoisotopic (exact) mass is 891 g/mol. The van der Waals surface area contributed by atoms with Crippen molar-refractivity contribution in [1.29, 1.82) is 0 Å². The zero-order valence-corrected chi connectivity index (χ0v) is 43.2. The number of esters is 3. The first-order valence-corrected chi connectivity index (χ1v) is 28.2. The van der Waals surface area contributed by atoms with Crippen LogP contribution in [0.4, 0.5) is 0 Å². The largest absolute Gasteiger partial charge is 0.462 e. The molecule has 0 saturated carbocycles. The van der Waals surface area contributed by atoms with Gasteiger partial charge in [-0.3, -0.25) is 14.4 Å². The highest BCUT2D eigenvalue weighted by molar-refractivity contribution is 5.71. The van der Waals surface area contributed by atoms with Crippen molar-refractivity contribution in [3.63, 3.8) is 0 Å². The lowest BCUT2D eigenvalue weighted by molar-refractivity contribution is -0.167. The zero-order chi connectivity index (χ0) is 46.1. The maximum atomic E-state index is 12.8. The van der Waals surface area contributed by atoms with E-state index in [0.29, 0.717) is 19.3 Å². The molecule has 0 aromatic carbocycles. The summed E-state index contributed by atoms with van der Waals surface area (Å²) in [6.07, 6.45) is 52.3. The molecule has 0 spiro atoms. The SMILES string of the molecule is CCCCCCCCCCCCCCCCCCC(=O)OC[C@@H](COC(=O)CCCCCCCCCCCCC(C)C)OC(=O)CCCCCCCCCCCCCCCC(C)C. The summed E-state index contributed by atoms with van der Waals surface area (Å²) in [6.45, 7) is 11.4. The van der Waals surface area contributed by atoms with E-state index in [0.717, 1.165) is 69.6 Å². The molecule has 0 saturated heterocycles. The quantitative estimate of drug-likeness (QED) is 0.0344. The molecule has 0 unspecified atom stereocenters. The second kappa shape index (κ2) is 49.8. The van der Waals surface area contributed by atoms with E-state index in [1.165, 1.54) is 205 Å². The first-order chi connectivity index (χ1) is 30.7. The number of rotatable bonds is 51. The molecule has 374 valence electrons. The fraction of sp³-hybridized carbons (Fsp3) is 0.947. The molecule has 0 N–H and O–H groups in total. The Bertz CT molecular complexity index is 962. The molecule has 6 nitrogen and oxygen atoms in total. The van der Waals surface area contributed by atoms with Crippen molar-refractivity contribution >= 4 is 17.9 Å². The average molecular weight is 892 g/mol. The van der Waals surface area contributed by atoms with Crippen LogP contribution in [0.1, 0.15) is 317 Å². The van der Waals surface area contributed by atoms with Crippen molar-refractivity contribution in [1.82, 2.24) is 0 Å². The lowest BCUT2D eigenvalue weighted by Crippen LogP contribution is -2.30. The summed E-state index contributed by atoms with van der Waals surface area (Å²) in [7, 11) is 0. The summed E-state index contributed by atoms with van der Waals surface area (Å²) < 4.78 is 16.9. The standard InChI is InChI=1S/C57H110O6/c1-6-7-8-9-10-11-12-13-14-15-18-21-27-32-37-42-47-55(58)61-50-54(51-62-56(59)48-43-38-33-28-24-23-26-31-36-41-46-53(4)5)63-57(60)49-44-39-34-29-22-19-16-17-20-25-30-35-40-45-52(2)3/h52-54H,6-51H2,1-5H3/t54-/m0/s1. The Balaban J connectivity index is 4.30. The first kappa shape index (κ1) is 61.4. The molecule has 1 atom stereocenters. The molecule has 0 fully saturated rings. The third-order valence-electron chi connectivity index (χ3n) is 13.0. The van der Waals surface area contributed by atoms with E-state index < -0.39 is 6.10 Å². The van der Waals surface area contributed by atoms with Gasteiger partial charge in [0.1, 0.15) is 13.2 Å². The molecule has 0 aliphatic heterocycles. The van der Waals surface area contributed by atoms with Gasteiger partial charge < -0.3 is 14.2 Å². The molecular formula is C57H110O6. The third kappa shape index (κ3) is 51.3. The van der Waals surface area contributed by atoms with Crippen LogP contribution >= 0.6 is 0 Å². The van der Waals surface area contributed by atoms with E-state index >= 15 is 0 Å². The number of hydrogen-bond donors (Lipinski definition) is 0. The van der Waals surface area contributed by atoms with E-state index in [4.69, 9.17) is 14.2 Å². The van der Waals surface area contributed by atoms with Gasteiger partial charge in [-0.15, -0.1) is 0 Å². The maximum absolute atomic E-state index is 12.8. The van der Waals surface area contributed by atoms with E-state index in [1.54, 1.807) is 0 Å². The smallest absolute Gasteiger partial charge is 0.306 e. The van der Waals surface area contributed by atoms with Crippen molar-refractivity contribution in [2.75, 3.05) is 13.2 Å². The molecule has 0 amide bonds. The predicted octanol–water partition coefficient (Wildman–Crippen LogP) is 18.5. The second-order valence-electron chi connectivity index (χ2n) is 20.5. The minimum Gasteiger partial charge on any atom is -0.462 e. The Labute approximate surface area is 393 Å². The van der Waals surface area contributed by atoms with Crippen LogP contribution in [-0.2, 0) is 28.6 Å². The fourth-order valence-corrected chi connectivity index (χ4v) is 8.70. The van der Waals surface area contributed by atoms with Crippen LogP contribution in [0.3, 0.4) is 0 Å². The summed E-state index contributed by atoms with van der Waals surface area (Å²) in [6, 6.07) is 0. The Morgan fingerprint density at radius 3 is 0.778 bits per heavy atom. The summed E-state index contributed by atoms with van der Waals surface area (Å²) in [5, 5.41) is 0. The summed E-state index contributed by atoms with van der Waals surface area (Å²) in [5.41, 5.74) is 0. The van der Waals surface area contributed by atoms with Crippen LogP contribution in [0.2, 0.25) is 0 Å². The van der Waals surface area contributed by atoms with Crippen LogP contribution in [0.15, 0.2) is 0 Å². The maximum Gasteiger partial charge on any atom is 0.306 e. The van der Waals surface area contributed by atoms with E-state index in [1.807, 2.05) is 0 Å². The molecule has 0 radical (unpaired) electrons. The molecule has 63 heavy (non-hydrogen) atoms. The third-order valence-corrected chi connectivity index (χ3v) is 13.0. The molecule has 0 aliphatic carbocycles. The number of ether oxygens (including phenoxy) is 3. The van der Waals surface area contributed by atoms with Gasteiger partial charge in [-0.05, 0) is 31.1 Å². The minimum absolute atomic E-state index is 0.0629. The number of carbonyl (C=O) groups is 3. The average Bonchev–Trinajstić information content (AvgIpc) is 3.25. The molecule has 0 aromatic heterocycles. The van der Waals surface area contributed by atoms with Gasteiger partial charge in [-0.25, -0.2) is 0 Å². The van der Waals surface area contributed by atoms with Gasteiger partial charge in [0.15, 0.2) is 6.10 Å². The molecule has 0 aromatic rings. The Hall–Kier alpha value is -1.59. The van der Waals surface area contributed by atoms with Gasteiger partial charge in [0.25, 0.3) is 0 Å². The van der Waals surface area contributed by atoms with E-state index in [-0.39, 0.29) is 31.1 Å². The summed E-state index contributed by atoms with van der Waals surface area (Å²) in [4.78, 5) is 38.1. The van der Waals surface area contributed by atoms with Crippen molar-refractivity contribution in [3.8, 4) is 0 Å². The summed E-state index contributed by atoms with van der Waals surface area (Å²) in [5.74, 6) is 0.815. The predicted molar refractivity (Wildman–Crippen MR) is 270 cm³/mol. The molecular weight excluding hydrogens is 781 g/mol. The van der Waals surface area contributed by atoms with Crippen molar-refractivity contribution < 1.29 is 28.6 Å². The van der Waals surface area contributed by atoms with Gasteiger partial charge in [0.05, 0.1) is 0 Å². The molecule has 0 rings (SSSR count). The van der Waals surface area contributed by atoms with Crippen molar-refractivity contribution in [2.45, 2.75) is 323 Å². The summed E-state index contributed by atoms with van der Waals surface area (Å²) >= 11 is 0. The van der Waals surface area contributed by atoms with Gasteiger partial charge >= 0.3 is 17.9 Å². The van der Waals surface area contributed by atoms with Crippen LogP contribution < -0.4 is 0 Å². The van der Waals surface area contributed by atoms with Crippen LogP contribution in [-0.4, -0.2) is 37.2 Å². The van der Waals surface area contributed by atoms with Crippen LogP contribution in [0.5, 0.6) is 0 Å². The Morgan fingerprint density at radius 1 is 0.302 bits per heavy atom. The van der Waals surface area contributed by atoms with Gasteiger partial charge in [0.2, 0.25) is 0 Å². The molecule has 0 aliphatic rings. The second-order valence-corrected chi connectivity index (χ2v) is 20.5. The van der Waals surface area contributed by atoms with E-state index in [2.05, 4.69) is 34.6 Å². The highest BCUT2D eigenvalue weighted by atomic mass is 16.6. The minimum atomic E-state index is -0.762. The highest BCUT2D eigenvalue weighted by Crippen LogP contribution is 2.18. The lowest BCUT2D eigenvalue weighted by Gasteiger charge is -2.18. The van der Waals surface area contributed by atoms with Crippen molar-refractivity contribution in [3.05, 3.63) is 0 Å². The Morgan fingerprint density at radius 2 is 0.524 bits per heavy atom. The first-order valence-electron chi connectivity index (χ1n) is 28.2. The Kier molecular flexibility index (Phi) is 48.6. The molecule has 0 bridgehead atoms. The van der Waals surface area contributed by atoms with Crippen molar-refractivity contribution in [2.24, 2.45) is 11.8 Å². The normalized spacial score (nSPS) is 12.0.